The third kappa shape index (κ3) is 2.37. The molecule has 0 atom stereocenters. The quantitative estimate of drug-likeness (QED) is 0.663. The number of Topliss-reactive ketones (excluding diaryl/α,β-unsaturated/α-hetero) is 1. The van der Waals surface area contributed by atoms with Crippen LogP contribution in [0.5, 0.6) is 5.75 Å². The van der Waals surface area contributed by atoms with Gasteiger partial charge in [-0.15, -0.1) is 0 Å². The van der Waals surface area contributed by atoms with Gasteiger partial charge in [0, 0.05) is 28.3 Å². The second-order valence-electron chi connectivity index (χ2n) is 5.87. The fourth-order valence-corrected chi connectivity index (χ4v) is 3.28. The summed E-state index contributed by atoms with van der Waals surface area (Å²) in [5.41, 5.74) is -0.236. The Morgan fingerprint density at radius 3 is 2.42 bits per heavy atom. The molecule has 6 heteroatoms. The summed E-state index contributed by atoms with van der Waals surface area (Å²) >= 11 is 0. The van der Waals surface area contributed by atoms with Gasteiger partial charge in [0.1, 0.15) is 11.3 Å². The molecule has 0 aliphatic heterocycles. The molecule has 3 nitrogen and oxygen atoms in total. The minimum absolute atomic E-state index is 0.0445. The van der Waals surface area contributed by atoms with Gasteiger partial charge in [-0.1, -0.05) is 30.3 Å². The van der Waals surface area contributed by atoms with Crippen LogP contribution in [0.15, 0.2) is 60.3 Å². The zero-order valence-corrected chi connectivity index (χ0v) is 13.6. The molecule has 0 radical (unpaired) electrons. The van der Waals surface area contributed by atoms with Crippen LogP contribution in [0.2, 0.25) is 0 Å². The predicted octanol–water partition coefficient (Wildman–Crippen LogP) is 4.80. The molecule has 0 bridgehead atoms. The molecular weight excluding hydrogens is 343 g/mol. The molecular formula is C20H12F3NO2. The summed E-state index contributed by atoms with van der Waals surface area (Å²) in [5.74, 6) is -0.573. The van der Waals surface area contributed by atoms with Crippen LogP contribution in [0, 0.1) is 0 Å². The maximum atomic E-state index is 13.7. The molecule has 26 heavy (non-hydrogen) atoms. The number of fused-ring (bicyclic) bond motifs is 3. The fraction of sp³-hybridized carbons (Fsp3) is 0.100. The smallest absolute Gasteiger partial charge is 0.420 e. The molecule has 1 aliphatic carbocycles. The van der Waals surface area contributed by atoms with Crippen molar-refractivity contribution in [1.29, 1.82) is 0 Å². The molecule has 1 heterocycles. The number of benzene rings is 2. The maximum absolute atomic E-state index is 13.7. The Bertz CT molecular complexity index is 1070. The molecule has 3 aromatic rings. The van der Waals surface area contributed by atoms with Gasteiger partial charge in [0.25, 0.3) is 0 Å². The van der Waals surface area contributed by atoms with Gasteiger partial charge in [-0.25, -0.2) is 0 Å². The highest BCUT2D eigenvalue weighted by molar-refractivity contribution is 6.26. The average molecular weight is 355 g/mol. The number of halogens is 3. The largest absolute Gasteiger partial charge is 0.497 e. The molecule has 0 fully saturated rings. The van der Waals surface area contributed by atoms with E-state index in [9.17, 15) is 18.0 Å². The molecule has 2 aromatic carbocycles. The van der Waals surface area contributed by atoms with Gasteiger partial charge in [-0.05, 0) is 23.8 Å². The molecule has 0 spiro atoms. The summed E-state index contributed by atoms with van der Waals surface area (Å²) in [7, 11) is 1.47. The Hall–Kier alpha value is -3.15. The molecule has 1 aliphatic rings. The van der Waals surface area contributed by atoms with Crippen LogP contribution in [-0.4, -0.2) is 24.1 Å². The molecule has 0 saturated carbocycles. The number of methoxy groups -OCH3 is 1. The number of pyridine rings is 1. The molecule has 1 aromatic heterocycles. The van der Waals surface area contributed by atoms with Gasteiger partial charge in [0.05, 0.1) is 12.6 Å². The van der Waals surface area contributed by atoms with Crippen LogP contribution in [0.4, 0.5) is 13.2 Å². The van der Waals surface area contributed by atoms with Gasteiger partial charge in [-0.2, -0.15) is 13.2 Å². The number of aromatic nitrogens is 1. The van der Waals surface area contributed by atoms with Crippen LogP contribution in [0.3, 0.4) is 0 Å². The van der Waals surface area contributed by atoms with Gasteiger partial charge < -0.3 is 4.74 Å². The van der Waals surface area contributed by atoms with Crippen molar-refractivity contribution in [2.75, 3.05) is 7.11 Å². The second kappa shape index (κ2) is 5.69. The van der Waals surface area contributed by atoms with Gasteiger partial charge in [0.2, 0.25) is 5.78 Å². The van der Waals surface area contributed by atoms with E-state index in [-0.39, 0.29) is 16.7 Å². The highest BCUT2D eigenvalue weighted by atomic mass is 19.4. The Labute approximate surface area is 146 Å². The van der Waals surface area contributed by atoms with E-state index in [1.807, 2.05) is 0 Å². The summed E-state index contributed by atoms with van der Waals surface area (Å²) < 4.78 is 46.4. The van der Waals surface area contributed by atoms with E-state index in [1.54, 1.807) is 48.5 Å². The highest BCUT2D eigenvalue weighted by Gasteiger charge is 2.47. The summed E-state index contributed by atoms with van der Waals surface area (Å²) in [5, 5.41) is 0.452. The zero-order valence-electron chi connectivity index (χ0n) is 13.6. The van der Waals surface area contributed by atoms with Gasteiger partial charge >= 0.3 is 6.18 Å². The number of hydrogen-bond donors (Lipinski definition) is 0. The first-order valence-corrected chi connectivity index (χ1v) is 7.80. The van der Waals surface area contributed by atoms with Crippen LogP contribution in [0.1, 0.15) is 21.5 Å². The van der Waals surface area contributed by atoms with Crippen molar-refractivity contribution >= 4 is 22.3 Å². The van der Waals surface area contributed by atoms with Crippen LogP contribution in [-0.2, 0) is 0 Å². The average Bonchev–Trinajstić information content (AvgIpc) is 2.95. The van der Waals surface area contributed by atoms with E-state index in [4.69, 9.17) is 4.74 Å². The second-order valence-corrected chi connectivity index (χ2v) is 5.87. The first-order chi connectivity index (χ1) is 12.4. The number of ether oxygens (including phenoxy) is 1. The molecule has 0 N–H and O–H groups in total. The molecule has 0 amide bonds. The lowest BCUT2D eigenvalue weighted by atomic mass is 9.94. The van der Waals surface area contributed by atoms with Crippen molar-refractivity contribution in [1.82, 2.24) is 4.98 Å². The van der Waals surface area contributed by atoms with Crippen LogP contribution >= 0.6 is 0 Å². The minimum atomic E-state index is -4.77. The maximum Gasteiger partial charge on any atom is 0.420 e. The van der Waals surface area contributed by atoms with Gasteiger partial charge in [-0.3, -0.25) is 9.78 Å². The Morgan fingerprint density at radius 2 is 1.77 bits per heavy atom. The SMILES string of the molecule is COc1ccc2ncc3c(c2c1)C(c1ccccc1)=C(C(F)(F)F)C3=O. The third-order valence-electron chi connectivity index (χ3n) is 4.39. The molecule has 0 unspecified atom stereocenters. The summed E-state index contributed by atoms with van der Waals surface area (Å²) in [6.45, 7) is 0. The van der Waals surface area contributed by atoms with E-state index in [2.05, 4.69) is 4.98 Å². The van der Waals surface area contributed by atoms with Crippen molar-refractivity contribution in [2.24, 2.45) is 0 Å². The number of hydrogen-bond acceptors (Lipinski definition) is 3. The molecule has 130 valence electrons. The van der Waals surface area contributed by atoms with Crippen molar-refractivity contribution < 1.29 is 22.7 Å². The first kappa shape index (κ1) is 16.3. The first-order valence-electron chi connectivity index (χ1n) is 7.80. The Balaban J connectivity index is 2.15. The van der Waals surface area contributed by atoms with Gasteiger partial charge in [0.15, 0.2) is 0 Å². The molecule has 4 rings (SSSR count). The third-order valence-corrected chi connectivity index (χ3v) is 4.39. The lowest BCUT2D eigenvalue weighted by Crippen LogP contribution is -2.18. The minimum Gasteiger partial charge on any atom is -0.497 e. The number of ketones is 1. The molecule has 0 saturated heterocycles. The lowest BCUT2D eigenvalue weighted by Gasteiger charge is -2.12. The van der Waals surface area contributed by atoms with E-state index in [0.29, 0.717) is 22.2 Å². The van der Waals surface area contributed by atoms with E-state index in [0.717, 1.165) is 0 Å². The standard InChI is InChI=1S/C20H12F3NO2/c1-26-12-7-8-15-13(9-12)17-14(10-24-15)19(25)18(20(21,22)23)16(17)11-5-3-2-4-6-11/h2-10H,1H3. The number of carbonyl (C=O) groups is 1. The van der Waals surface area contributed by atoms with E-state index in [1.165, 1.54) is 13.3 Å². The van der Waals surface area contributed by atoms with E-state index < -0.39 is 17.5 Å². The zero-order chi connectivity index (χ0) is 18.5. The fourth-order valence-electron chi connectivity index (χ4n) is 3.28. The van der Waals surface area contributed by atoms with Crippen molar-refractivity contribution in [3.05, 3.63) is 77.0 Å². The monoisotopic (exact) mass is 355 g/mol. The van der Waals surface area contributed by atoms with Crippen molar-refractivity contribution in [3.63, 3.8) is 0 Å². The van der Waals surface area contributed by atoms with E-state index >= 15 is 0 Å². The van der Waals surface area contributed by atoms with Crippen LogP contribution < -0.4 is 4.74 Å². The van der Waals surface area contributed by atoms with Crippen LogP contribution in [0.25, 0.3) is 16.5 Å². The highest BCUT2D eigenvalue weighted by Crippen LogP contribution is 2.46. The normalized spacial score (nSPS) is 14.1. The summed E-state index contributed by atoms with van der Waals surface area (Å²) in [4.78, 5) is 16.7. The lowest BCUT2D eigenvalue weighted by molar-refractivity contribution is -0.0878. The Morgan fingerprint density at radius 1 is 1.04 bits per heavy atom. The summed E-state index contributed by atoms with van der Waals surface area (Å²) in [6, 6.07) is 13.1. The van der Waals surface area contributed by atoms with Crippen molar-refractivity contribution in [2.45, 2.75) is 6.18 Å². The number of allylic oxidation sites excluding steroid dienone is 1. The number of rotatable bonds is 2. The van der Waals surface area contributed by atoms with Crippen molar-refractivity contribution in [3.8, 4) is 5.75 Å². The Kier molecular flexibility index (Phi) is 3.57. The number of alkyl halides is 3. The number of nitrogens with zero attached hydrogens (tertiary/aromatic N) is 1. The summed E-state index contributed by atoms with van der Waals surface area (Å²) in [6.07, 6.45) is -3.55. The topological polar surface area (TPSA) is 39.2 Å². The predicted molar refractivity (Wildman–Crippen MR) is 91.1 cm³/mol. The number of carbonyl (C=O) groups excluding carboxylic acids is 1.